The van der Waals surface area contributed by atoms with E-state index >= 15 is 0 Å². The molecule has 0 aliphatic carbocycles. The molecule has 1 amide bonds. The van der Waals surface area contributed by atoms with Crippen molar-refractivity contribution in [2.24, 2.45) is 10.7 Å². The lowest BCUT2D eigenvalue weighted by Crippen LogP contribution is -2.18. The van der Waals surface area contributed by atoms with Gasteiger partial charge in [0, 0.05) is 11.9 Å². The van der Waals surface area contributed by atoms with Crippen LogP contribution in [0.5, 0.6) is 0 Å². The van der Waals surface area contributed by atoms with Crippen LogP contribution in [-0.2, 0) is 4.79 Å². The molecule has 0 spiro atoms. The molecule has 5 heteroatoms. The summed E-state index contributed by atoms with van der Waals surface area (Å²) in [6.07, 6.45) is 0. The van der Waals surface area contributed by atoms with Crippen LogP contribution in [0.25, 0.3) is 10.8 Å². The molecule has 0 bridgehead atoms. The highest BCUT2D eigenvalue weighted by Crippen LogP contribution is 2.29. The van der Waals surface area contributed by atoms with Crippen LogP contribution in [0.1, 0.15) is 0 Å². The molecule has 0 fully saturated rings. The third kappa shape index (κ3) is 3.00. The van der Waals surface area contributed by atoms with Gasteiger partial charge in [-0.25, -0.2) is 0 Å². The number of hydrogen-bond acceptors (Lipinski definition) is 4. The summed E-state index contributed by atoms with van der Waals surface area (Å²) in [5, 5.41) is 5.83. The third-order valence-electron chi connectivity index (χ3n) is 2.77. The van der Waals surface area contributed by atoms with Gasteiger partial charge in [0.15, 0.2) is 5.70 Å². The second-order valence-electron chi connectivity index (χ2n) is 4.06. The van der Waals surface area contributed by atoms with Crippen molar-refractivity contribution >= 4 is 35.2 Å². The maximum atomic E-state index is 11.3. The number of carbonyl (C=O) groups is 1. The largest absolute Gasteiger partial charge is 0.381 e. The van der Waals surface area contributed by atoms with Gasteiger partial charge in [-0.2, -0.15) is 0 Å². The Labute approximate surface area is 121 Å². The zero-order valence-electron chi connectivity index (χ0n) is 11.1. The summed E-state index contributed by atoms with van der Waals surface area (Å²) < 4.78 is 0. The molecule has 0 heterocycles. The topological polar surface area (TPSA) is 67.5 Å². The number of benzene rings is 2. The predicted molar refractivity (Wildman–Crippen MR) is 84.6 cm³/mol. The first kappa shape index (κ1) is 14.1. The van der Waals surface area contributed by atoms with E-state index in [0.29, 0.717) is 5.03 Å². The number of nitrogens with zero attached hydrogens (tertiary/aromatic N) is 1. The van der Waals surface area contributed by atoms with E-state index in [1.807, 2.05) is 30.3 Å². The molecule has 2 aromatic carbocycles. The zero-order valence-corrected chi connectivity index (χ0v) is 11.9. The Morgan fingerprint density at radius 1 is 1.25 bits per heavy atom. The molecule has 3 N–H and O–H groups in total. The maximum Gasteiger partial charge on any atom is 0.270 e. The Kier molecular flexibility index (Phi) is 4.42. The van der Waals surface area contributed by atoms with E-state index in [1.54, 1.807) is 7.05 Å². The lowest BCUT2D eigenvalue weighted by atomic mass is 10.1. The Balaban J connectivity index is 2.39. The normalized spacial score (nSPS) is 11.8. The molecule has 102 valence electrons. The second-order valence-corrected chi connectivity index (χ2v) is 5.14. The van der Waals surface area contributed by atoms with Gasteiger partial charge in [0.05, 0.1) is 0 Å². The monoisotopic (exact) mass is 285 g/mol. The summed E-state index contributed by atoms with van der Waals surface area (Å²) in [5.74, 6) is -0.599. The number of thioether (sulfide) groups is 1. The summed E-state index contributed by atoms with van der Waals surface area (Å²) in [6.45, 7) is 3.38. The predicted octanol–water partition coefficient (Wildman–Crippen LogP) is 2.51. The number of primary amides is 1. The first-order valence-electron chi connectivity index (χ1n) is 6.01. The molecular weight excluding hydrogens is 270 g/mol. The molecular formula is C15H15N3OS. The average molecular weight is 285 g/mol. The Bertz CT molecular complexity index is 694. The van der Waals surface area contributed by atoms with Crippen LogP contribution in [-0.4, -0.2) is 19.7 Å². The zero-order chi connectivity index (χ0) is 14.5. The van der Waals surface area contributed by atoms with Gasteiger partial charge in [0.25, 0.3) is 5.91 Å². The van der Waals surface area contributed by atoms with E-state index < -0.39 is 5.91 Å². The van der Waals surface area contributed by atoms with E-state index in [-0.39, 0.29) is 5.70 Å². The van der Waals surface area contributed by atoms with Crippen molar-refractivity contribution < 1.29 is 4.79 Å². The number of amides is 1. The first-order valence-corrected chi connectivity index (χ1v) is 6.82. The number of carbonyl (C=O) groups excluding carboxylic acids is 1. The molecule has 0 aromatic heterocycles. The summed E-state index contributed by atoms with van der Waals surface area (Å²) in [7, 11) is 1.72. The minimum atomic E-state index is -0.599. The highest BCUT2D eigenvalue weighted by Gasteiger charge is 2.11. The standard InChI is InChI=1S/C15H15N3OS/c1-17-13(14(16)19)15(18-2)20-12-8-7-10-5-3-4-6-11(10)9-12/h3-9,18H,1H2,2H3,(H2,16,19)/b15-13-. The quantitative estimate of drug-likeness (QED) is 0.504. The molecule has 0 aliphatic heterocycles. The average Bonchev–Trinajstić information content (AvgIpc) is 2.46. The van der Waals surface area contributed by atoms with Crippen LogP contribution in [0, 0.1) is 0 Å². The highest BCUT2D eigenvalue weighted by molar-refractivity contribution is 8.03. The minimum Gasteiger partial charge on any atom is -0.381 e. The molecule has 0 saturated heterocycles. The van der Waals surface area contributed by atoms with Crippen molar-refractivity contribution in [2.75, 3.05) is 7.05 Å². The number of nitrogens with two attached hydrogens (primary N) is 1. The van der Waals surface area contributed by atoms with E-state index in [2.05, 4.69) is 29.2 Å². The van der Waals surface area contributed by atoms with Crippen LogP contribution in [0.15, 0.2) is 63.1 Å². The van der Waals surface area contributed by atoms with Crippen molar-refractivity contribution in [1.29, 1.82) is 0 Å². The van der Waals surface area contributed by atoms with Gasteiger partial charge >= 0.3 is 0 Å². The number of aliphatic imine (C=N–C) groups is 1. The lowest BCUT2D eigenvalue weighted by Gasteiger charge is -2.09. The van der Waals surface area contributed by atoms with Gasteiger partial charge in [-0.15, -0.1) is 0 Å². The first-order chi connectivity index (χ1) is 9.65. The Morgan fingerprint density at radius 2 is 1.95 bits per heavy atom. The summed E-state index contributed by atoms with van der Waals surface area (Å²) in [4.78, 5) is 16.0. The van der Waals surface area contributed by atoms with Crippen LogP contribution in [0.2, 0.25) is 0 Å². The van der Waals surface area contributed by atoms with E-state index in [9.17, 15) is 4.79 Å². The number of nitrogens with one attached hydrogen (secondary N) is 1. The van der Waals surface area contributed by atoms with E-state index in [0.717, 1.165) is 10.3 Å². The van der Waals surface area contributed by atoms with Crippen molar-refractivity contribution in [3.8, 4) is 0 Å². The van der Waals surface area contributed by atoms with Crippen LogP contribution in [0.3, 0.4) is 0 Å². The van der Waals surface area contributed by atoms with Crippen molar-refractivity contribution in [3.63, 3.8) is 0 Å². The van der Waals surface area contributed by atoms with Gasteiger partial charge in [-0.3, -0.25) is 9.79 Å². The minimum absolute atomic E-state index is 0.144. The fourth-order valence-corrected chi connectivity index (χ4v) is 2.75. The molecule has 0 radical (unpaired) electrons. The number of hydrogen-bond donors (Lipinski definition) is 2. The SMILES string of the molecule is C=N/C(C(N)=O)=C(/NC)Sc1ccc2ccccc2c1. The van der Waals surface area contributed by atoms with Gasteiger partial charge in [-0.1, -0.05) is 42.1 Å². The fraction of sp³-hybridized carbons (Fsp3) is 0.0667. The molecule has 0 aliphatic rings. The van der Waals surface area contributed by atoms with Crippen LogP contribution in [0.4, 0.5) is 0 Å². The summed E-state index contributed by atoms with van der Waals surface area (Å²) >= 11 is 1.40. The van der Waals surface area contributed by atoms with Crippen molar-refractivity contribution in [2.45, 2.75) is 4.90 Å². The number of rotatable bonds is 5. The van der Waals surface area contributed by atoms with Crippen LogP contribution < -0.4 is 11.1 Å². The second kappa shape index (κ2) is 6.25. The molecule has 0 unspecified atom stereocenters. The summed E-state index contributed by atoms with van der Waals surface area (Å²) in [6, 6.07) is 14.2. The van der Waals surface area contributed by atoms with E-state index in [4.69, 9.17) is 5.73 Å². The fourth-order valence-electron chi connectivity index (χ4n) is 1.83. The molecule has 0 saturated carbocycles. The van der Waals surface area contributed by atoms with Crippen molar-refractivity contribution in [1.82, 2.24) is 5.32 Å². The highest BCUT2D eigenvalue weighted by atomic mass is 32.2. The Morgan fingerprint density at radius 3 is 2.55 bits per heavy atom. The molecule has 0 atom stereocenters. The number of fused-ring (bicyclic) bond motifs is 1. The maximum absolute atomic E-state index is 11.3. The molecule has 2 rings (SSSR count). The lowest BCUT2D eigenvalue weighted by molar-refractivity contribution is -0.114. The van der Waals surface area contributed by atoms with E-state index in [1.165, 1.54) is 17.1 Å². The molecule has 2 aromatic rings. The van der Waals surface area contributed by atoms with Gasteiger partial charge in [0.1, 0.15) is 5.03 Å². The van der Waals surface area contributed by atoms with Crippen molar-refractivity contribution in [3.05, 3.63) is 53.2 Å². The molecule has 20 heavy (non-hydrogen) atoms. The molecule has 4 nitrogen and oxygen atoms in total. The van der Waals surface area contributed by atoms with Gasteiger partial charge < -0.3 is 11.1 Å². The summed E-state index contributed by atoms with van der Waals surface area (Å²) in [5.41, 5.74) is 5.43. The third-order valence-corrected chi connectivity index (χ3v) is 3.87. The Hall–Kier alpha value is -2.27. The van der Waals surface area contributed by atoms with Gasteiger partial charge in [0.2, 0.25) is 0 Å². The van der Waals surface area contributed by atoms with Crippen LogP contribution >= 0.6 is 11.8 Å². The van der Waals surface area contributed by atoms with Gasteiger partial charge in [-0.05, 0) is 29.6 Å². The smallest absolute Gasteiger partial charge is 0.270 e.